The first kappa shape index (κ1) is 11.9. The molecule has 4 nitrogen and oxygen atoms in total. The largest absolute Gasteiger partial charge is 0.398 e. The molecule has 0 atom stereocenters. The Hall–Kier alpha value is -1.54. The number of aromatic nitrogens is 1. The fourth-order valence-corrected chi connectivity index (χ4v) is 3.50. The van der Waals surface area contributed by atoms with Gasteiger partial charge >= 0.3 is 0 Å². The Morgan fingerprint density at radius 1 is 1.18 bits per heavy atom. The first-order valence-electron chi connectivity index (χ1n) is 5.26. The number of nitrogen functional groups attached to an aromatic ring is 1. The van der Waals surface area contributed by atoms with Gasteiger partial charge in [-0.15, -0.1) is 0 Å². The molecule has 0 aliphatic rings. The van der Waals surface area contributed by atoms with Gasteiger partial charge in [0.2, 0.25) is 0 Å². The van der Waals surface area contributed by atoms with Gasteiger partial charge < -0.3 is 14.9 Å². The van der Waals surface area contributed by atoms with Gasteiger partial charge in [0.25, 0.3) is 5.56 Å². The molecule has 0 amide bonds. The monoisotopic (exact) mass is 250 g/mol. The van der Waals surface area contributed by atoms with E-state index in [0.717, 1.165) is 0 Å². The molecule has 2 aromatic rings. The summed E-state index contributed by atoms with van der Waals surface area (Å²) >= 11 is 0. The van der Waals surface area contributed by atoms with Crippen molar-refractivity contribution in [2.24, 2.45) is 7.05 Å². The smallest absolute Gasteiger partial charge is 0.258 e. The van der Waals surface area contributed by atoms with Gasteiger partial charge in [0, 0.05) is 35.0 Å². The molecule has 0 saturated carbocycles. The molecule has 2 N–H and O–H groups in total. The summed E-state index contributed by atoms with van der Waals surface area (Å²) in [5.41, 5.74) is 6.27. The maximum Gasteiger partial charge on any atom is 0.258 e. The third-order valence-corrected chi connectivity index (χ3v) is 4.38. The van der Waals surface area contributed by atoms with Gasteiger partial charge in [-0.3, -0.25) is 4.79 Å². The molecule has 0 saturated heterocycles. The number of hydrogen-bond donors (Lipinski definition) is 1. The minimum absolute atomic E-state index is 0.0998. The second-order valence-electron chi connectivity index (χ2n) is 4.55. The highest BCUT2D eigenvalue weighted by atomic mass is 31.2. The highest BCUT2D eigenvalue weighted by molar-refractivity contribution is 7.71. The summed E-state index contributed by atoms with van der Waals surface area (Å²) in [4.78, 5) is 12.0. The van der Waals surface area contributed by atoms with Crippen LogP contribution in [-0.2, 0) is 11.6 Å². The molecular weight excluding hydrogens is 235 g/mol. The Labute approximate surface area is 99.4 Å². The zero-order chi connectivity index (χ0) is 12.8. The molecule has 0 fully saturated rings. The average Bonchev–Trinajstić information content (AvgIpc) is 2.21. The summed E-state index contributed by atoms with van der Waals surface area (Å²) < 4.78 is 13.8. The van der Waals surface area contributed by atoms with Gasteiger partial charge in [-0.1, -0.05) is 0 Å². The molecule has 17 heavy (non-hydrogen) atoms. The molecule has 0 spiro atoms. The number of hydrogen-bond acceptors (Lipinski definition) is 3. The van der Waals surface area contributed by atoms with Crippen molar-refractivity contribution in [2.75, 3.05) is 19.1 Å². The first-order valence-corrected chi connectivity index (χ1v) is 7.86. The summed E-state index contributed by atoms with van der Waals surface area (Å²) in [6.45, 7) is 3.32. The van der Waals surface area contributed by atoms with Crippen molar-refractivity contribution < 1.29 is 4.57 Å². The summed E-state index contributed by atoms with van der Waals surface area (Å²) in [7, 11) is -0.820. The van der Waals surface area contributed by atoms with Crippen LogP contribution in [0.25, 0.3) is 10.8 Å². The molecule has 0 unspecified atom stereocenters. The zero-order valence-corrected chi connectivity index (χ0v) is 11.0. The van der Waals surface area contributed by atoms with Crippen molar-refractivity contribution >= 4 is 28.9 Å². The fourth-order valence-electron chi connectivity index (χ4n) is 2.03. The van der Waals surface area contributed by atoms with Gasteiger partial charge in [0.05, 0.1) is 0 Å². The summed E-state index contributed by atoms with van der Waals surface area (Å²) in [6, 6.07) is 5.13. The van der Waals surface area contributed by atoms with Gasteiger partial charge in [-0.2, -0.15) is 0 Å². The van der Waals surface area contributed by atoms with Gasteiger partial charge in [0.15, 0.2) is 0 Å². The lowest BCUT2D eigenvalue weighted by atomic mass is 10.1. The normalized spacial score (nSPS) is 11.9. The van der Waals surface area contributed by atoms with Crippen LogP contribution in [0.5, 0.6) is 0 Å². The van der Waals surface area contributed by atoms with E-state index >= 15 is 0 Å². The van der Waals surface area contributed by atoms with E-state index in [1.807, 2.05) is 0 Å². The van der Waals surface area contributed by atoms with Crippen LogP contribution in [0.3, 0.4) is 0 Å². The third-order valence-electron chi connectivity index (χ3n) is 2.80. The van der Waals surface area contributed by atoms with E-state index < -0.39 is 7.14 Å². The lowest BCUT2D eigenvalue weighted by molar-refractivity contribution is 0.588. The SMILES string of the molecule is Cn1ccc2c(P(C)(C)=O)c(N)ccc2c1=O. The van der Waals surface area contributed by atoms with Crippen LogP contribution in [0.2, 0.25) is 0 Å². The van der Waals surface area contributed by atoms with Crippen LogP contribution in [0.1, 0.15) is 0 Å². The number of anilines is 1. The van der Waals surface area contributed by atoms with Crippen molar-refractivity contribution in [3.63, 3.8) is 0 Å². The number of aryl methyl sites for hydroxylation is 1. The van der Waals surface area contributed by atoms with Gasteiger partial charge in [-0.25, -0.2) is 0 Å². The van der Waals surface area contributed by atoms with E-state index in [0.29, 0.717) is 21.8 Å². The van der Waals surface area contributed by atoms with Crippen LogP contribution >= 0.6 is 7.14 Å². The number of benzene rings is 1. The Bertz CT molecular complexity index is 697. The average molecular weight is 250 g/mol. The third kappa shape index (κ3) is 1.89. The van der Waals surface area contributed by atoms with Crippen LogP contribution < -0.4 is 16.6 Å². The Balaban J connectivity index is 3.04. The van der Waals surface area contributed by atoms with E-state index in [4.69, 9.17) is 5.73 Å². The van der Waals surface area contributed by atoms with E-state index in [2.05, 4.69) is 0 Å². The Morgan fingerprint density at radius 2 is 1.82 bits per heavy atom. The summed E-state index contributed by atoms with van der Waals surface area (Å²) in [6.07, 6.45) is 1.67. The summed E-state index contributed by atoms with van der Waals surface area (Å²) in [5, 5.41) is 1.86. The van der Waals surface area contributed by atoms with Crippen LogP contribution in [0, 0.1) is 0 Å². The maximum absolute atomic E-state index is 12.3. The van der Waals surface area contributed by atoms with E-state index in [1.165, 1.54) is 4.57 Å². The maximum atomic E-state index is 12.3. The number of pyridine rings is 1. The van der Waals surface area contributed by atoms with Crippen LogP contribution in [-0.4, -0.2) is 17.9 Å². The summed E-state index contributed by atoms with van der Waals surface area (Å²) in [5.74, 6) is 0. The minimum Gasteiger partial charge on any atom is -0.398 e. The Kier molecular flexibility index (Phi) is 2.63. The second kappa shape index (κ2) is 3.74. The van der Waals surface area contributed by atoms with Gasteiger partial charge in [-0.05, 0) is 31.5 Å². The van der Waals surface area contributed by atoms with Crippen molar-refractivity contribution in [3.8, 4) is 0 Å². The van der Waals surface area contributed by atoms with Crippen LogP contribution in [0.4, 0.5) is 5.69 Å². The molecule has 5 heteroatoms. The van der Waals surface area contributed by atoms with E-state index in [1.54, 1.807) is 44.8 Å². The van der Waals surface area contributed by atoms with Crippen molar-refractivity contribution in [1.82, 2.24) is 4.57 Å². The highest BCUT2D eigenvalue weighted by Crippen LogP contribution is 2.39. The lowest BCUT2D eigenvalue weighted by Gasteiger charge is -2.14. The van der Waals surface area contributed by atoms with Gasteiger partial charge in [0.1, 0.15) is 7.14 Å². The van der Waals surface area contributed by atoms with E-state index in [9.17, 15) is 9.36 Å². The molecule has 1 aromatic carbocycles. The topological polar surface area (TPSA) is 65.1 Å². The zero-order valence-electron chi connectivity index (χ0n) is 10.1. The molecule has 2 rings (SSSR count). The quantitative estimate of drug-likeness (QED) is 0.614. The minimum atomic E-state index is -2.51. The highest BCUT2D eigenvalue weighted by Gasteiger charge is 2.19. The standard InChI is InChI=1S/C12H15N2O2P/c1-14-7-6-8-9(12(14)15)4-5-10(13)11(8)17(2,3)16/h4-7H,13H2,1-3H3. The molecule has 0 bridgehead atoms. The first-order chi connectivity index (χ1) is 7.82. The van der Waals surface area contributed by atoms with Crippen molar-refractivity contribution in [1.29, 1.82) is 0 Å². The molecular formula is C12H15N2O2P. The molecule has 1 aromatic heterocycles. The molecule has 0 aliphatic heterocycles. The predicted molar refractivity (Wildman–Crippen MR) is 72.7 cm³/mol. The number of rotatable bonds is 1. The molecule has 90 valence electrons. The lowest BCUT2D eigenvalue weighted by Crippen LogP contribution is -2.20. The second-order valence-corrected chi connectivity index (χ2v) is 7.70. The number of nitrogens with two attached hydrogens (primary N) is 1. The van der Waals surface area contributed by atoms with Crippen LogP contribution in [0.15, 0.2) is 29.2 Å². The number of nitrogens with zero attached hydrogens (tertiary/aromatic N) is 1. The molecule has 0 radical (unpaired) electrons. The van der Waals surface area contributed by atoms with E-state index in [-0.39, 0.29) is 5.56 Å². The fraction of sp³-hybridized carbons (Fsp3) is 0.250. The predicted octanol–water partition coefficient (Wildman–Crippen LogP) is 1.37. The molecule has 1 heterocycles. The van der Waals surface area contributed by atoms with Crippen molar-refractivity contribution in [3.05, 3.63) is 34.7 Å². The Morgan fingerprint density at radius 3 is 2.41 bits per heavy atom. The number of fused-ring (bicyclic) bond motifs is 1. The molecule has 0 aliphatic carbocycles. The van der Waals surface area contributed by atoms with Crippen molar-refractivity contribution in [2.45, 2.75) is 0 Å².